The van der Waals surface area contributed by atoms with Crippen molar-refractivity contribution in [2.24, 2.45) is 5.14 Å². The summed E-state index contributed by atoms with van der Waals surface area (Å²) < 4.78 is 46.7. The summed E-state index contributed by atoms with van der Waals surface area (Å²) in [5.74, 6) is 0. The van der Waals surface area contributed by atoms with Gasteiger partial charge >= 0.3 is 0 Å². The van der Waals surface area contributed by atoms with Gasteiger partial charge in [0.2, 0.25) is 0 Å². The zero-order valence-corrected chi connectivity index (χ0v) is 8.50. The van der Waals surface area contributed by atoms with E-state index in [1.807, 2.05) is 0 Å². The van der Waals surface area contributed by atoms with Crippen LogP contribution >= 0.6 is 0 Å². The van der Waals surface area contributed by atoms with Crippen LogP contribution in [0, 0.1) is 11.3 Å². The summed E-state index contributed by atoms with van der Waals surface area (Å²) in [6.07, 6.45) is -3.02. The SMILES string of the molecule is N#Cc1nc(S(N)(=O)=O)cc(N)c1C(F)F. The minimum atomic E-state index is -4.19. The van der Waals surface area contributed by atoms with Crippen LogP contribution < -0.4 is 10.9 Å². The quantitative estimate of drug-likeness (QED) is 0.769. The number of aromatic nitrogens is 1. The second-order valence-corrected chi connectivity index (χ2v) is 4.28. The molecule has 0 radical (unpaired) electrons. The van der Waals surface area contributed by atoms with Crippen LogP contribution in [-0.4, -0.2) is 13.4 Å². The fourth-order valence-corrected chi connectivity index (χ4v) is 1.52. The normalized spacial score (nSPS) is 11.4. The van der Waals surface area contributed by atoms with Crippen molar-refractivity contribution in [1.29, 1.82) is 5.26 Å². The molecule has 4 N–H and O–H groups in total. The molecule has 1 rings (SSSR count). The van der Waals surface area contributed by atoms with Crippen molar-refractivity contribution in [2.75, 3.05) is 5.73 Å². The van der Waals surface area contributed by atoms with Crippen LogP contribution in [0.4, 0.5) is 14.5 Å². The van der Waals surface area contributed by atoms with E-state index in [1.165, 1.54) is 6.07 Å². The number of nitrogens with two attached hydrogens (primary N) is 2. The Morgan fingerprint density at radius 3 is 2.44 bits per heavy atom. The predicted octanol–water partition coefficient (Wildman–Crippen LogP) is 0.120. The highest BCUT2D eigenvalue weighted by atomic mass is 32.2. The van der Waals surface area contributed by atoms with Gasteiger partial charge in [-0.1, -0.05) is 0 Å². The van der Waals surface area contributed by atoms with Crippen LogP contribution in [0.25, 0.3) is 0 Å². The maximum atomic E-state index is 12.5. The smallest absolute Gasteiger partial charge is 0.268 e. The molecule has 0 saturated heterocycles. The van der Waals surface area contributed by atoms with Gasteiger partial charge in [-0.05, 0) is 0 Å². The number of anilines is 1. The maximum absolute atomic E-state index is 12.5. The number of alkyl halides is 2. The number of hydrogen-bond acceptors (Lipinski definition) is 5. The summed E-state index contributed by atoms with van der Waals surface area (Å²) in [7, 11) is -4.19. The molecule has 0 atom stereocenters. The lowest BCUT2D eigenvalue weighted by Gasteiger charge is -2.07. The van der Waals surface area contributed by atoms with Crippen LogP contribution in [0.5, 0.6) is 0 Å². The third kappa shape index (κ3) is 2.23. The molecule has 0 aromatic carbocycles. The van der Waals surface area contributed by atoms with Crippen LogP contribution in [0.2, 0.25) is 0 Å². The second-order valence-electron chi connectivity index (χ2n) is 2.77. The monoisotopic (exact) mass is 248 g/mol. The fraction of sp³-hybridized carbons (Fsp3) is 0.143. The molecule has 0 unspecified atom stereocenters. The van der Waals surface area contributed by atoms with Crippen LogP contribution in [0.15, 0.2) is 11.1 Å². The maximum Gasteiger partial charge on any atom is 0.268 e. The molecule has 0 saturated carbocycles. The molecule has 0 aliphatic carbocycles. The van der Waals surface area contributed by atoms with Crippen molar-refractivity contribution in [3.63, 3.8) is 0 Å². The molecule has 0 spiro atoms. The van der Waals surface area contributed by atoms with Crippen molar-refractivity contribution >= 4 is 15.7 Å². The summed E-state index contributed by atoms with van der Waals surface area (Å²) in [5.41, 5.74) is 3.12. The van der Waals surface area contributed by atoms with Gasteiger partial charge in [-0.3, -0.25) is 0 Å². The predicted molar refractivity (Wildman–Crippen MR) is 49.7 cm³/mol. The molecule has 9 heteroatoms. The van der Waals surface area contributed by atoms with Gasteiger partial charge in [-0.25, -0.2) is 27.3 Å². The number of nitrogen functional groups attached to an aromatic ring is 1. The first-order valence-electron chi connectivity index (χ1n) is 3.79. The van der Waals surface area contributed by atoms with Crippen molar-refractivity contribution in [1.82, 2.24) is 4.98 Å². The standard InChI is InChI=1S/C7H6F2N4O2S/c8-7(9)6-3(11)1-5(16(12,14)15)13-4(6)2-10/h1,7H,(H2,11,13)(H2,12,14,15). The molecule has 86 valence electrons. The number of sulfonamides is 1. The van der Waals surface area contributed by atoms with Crippen LogP contribution in [0.3, 0.4) is 0 Å². The zero-order chi connectivity index (χ0) is 12.5. The van der Waals surface area contributed by atoms with E-state index in [0.29, 0.717) is 6.07 Å². The average molecular weight is 248 g/mol. The third-order valence-corrected chi connectivity index (χ3v) is 2.47. The Labute approximate surface area is 89.5 Å². The van der Waals surface area contributed by atoms with E-state index in [0.717, 1.165) is 0 Å². The molecule has 0 aliphatic rings. The molecule has 1 aromatic heterocycles. The first kappa shape index (κ1) is 12.3. The first-order valence-corrected chi connectivity index (χ1v) is 5.33. The number of rotatable bonds is 2. The lowest BCUT2D eigenvalue weighted by atomic mass is 10.2. The van der Waals surface area contributed by atoms with Crippen LogP contribution in [-0.2, 0) is 10.0 Å². The number of pyridine rings is 1. The van der Waals surface area contributed by atoms with Crippen molar-refractivity contribution in [3.05, 3.63) is 17.3 Å². The molecule has 0 fully saturated rings. The summed E-state index contributed by atoms with van der Waals surface area (Å²) in [6.45, 7) is 0. The van der Waals surface area contributed by atoms with E-state index in [1.54, 1.807) is 0 Å². The lowest BCUT2D eigenvalue weighted by molar-refractivity contribution is 0.151. The van der Waals surface area contributed by atoms with E-state index >= 15 is 0 Å². The molecule has 16 heavy (non-hydrogen) atoms. The average Bonchev–Trinajstić information content (AvgIpc) is 2.14. The Balaban J connectivity index is 3.59. The van der Waals surface area contributed by atoms with E-state index in [2.05, 4.69) is 4.98 Å². The van der Waals surface area contributed by atoms with Gasteiger partial charge in [0.1, 0.15) is 6.07 Å². The highest BCUT2D eigenvalue weighted by molar-refractivity contribution is 7.89. The van der Waals surface area contributed by atoms with E-state index in [-0.39, 0.29) is 0 Å². The molecule has 6 nitrogen and oxygen atoms in total. The highest BCUT2D eigenvalue weighted by Gasteiger charge is 2.22. The first-order chi connectivity index (χ1) is 7.27. The highest BCUT2D eigenvalue weighted by Crippen LogP contribution is 2.28. The number of nitrogens with zero attached hydrogens (tertiary/aromatic N) is 2. The van der Waals surface area contributed by atoms with Crippen LogP contribution in [0.1, 0.15) is 17.7 Å². The molecular formula is C7H6F2N4O2S. The van der Waals surface area contributed by atoms with Gasteiger partial charge in [-0.15, -0.1) is 0 Å². The van der Waals surface area contributed by atoms with E-state index in [4.69, 9.17) is 16.1 Å². The van der Waals surface area contributed by atoms with Gasteiger partial charge in [0, 0.05) is 11.8 Å². The summed E-state index contributed by atoms with van der Waals surface area (Å²) in [4.78, 5) is 3.21. The molecule has 0 bridgehead atoms. The van der Waals surface area contributed by atoms with Gasteiger partial charge in [0.15, 0.2) is 10.7 Å². The Morgan fingerprint density at radius 2 is 2.06 bits per heavy atom. The largest absolute Gasteiger partial charge is 0.398 e. The summed E-state index contributed by atoms with van der Waals surface area (Å²) in [5, 5.41) is 12.6. The Morgan fingerprint density at radius 1 is 1.50 bits per heavy atom. The molecule has 0 aliphatic heterocycles. The topological polar surface area (TPSA) is 123 Å². The summed E-state index contributed by atoms with van der Waals surface area (Å²) in [6, 6.07) is 2.03. The second kappa shape index (κ2) is 3.99. The Hall–Kier alpha value is -1.79. The number of primary sulfonamides is 1. The number of halogens is 2. The van der Waals surface area contributed by atoms with Gasteiger partial charge < -0.3 is 5.73 Å². The molecular weight excluding hydrogens is 242 g/mol. The number of hydrogen-bond donors (Lipinski definition) is 2. The van der Waals surface area contributed by atoms with Gasteiger partial charge in [0.05, 0.1) is 5.56 Å². The van der Waals surface area contributed by atoms with Gasteiger partial charge in [-0.2, -0.15) is 5.26 Å². The lowest BCUT2D eigenvalue weighted by Crippen LogP contribution is -2.16. The third-order valence-electron chi connectivity index (χ3n) is 1.68. The fourth-order valence-electron chi connectivity index (χ4n) is 1.01. The van der Waals surface area contributed by atoms with Crippen molar-refractivity contribution < 1.29 is 17.2 Å². The molecule has 0 amide bonds. The minimum Gasteiger partial charge on any atom is -0.398 e. The Kier molecular flexibility index (Phi) is 3.06. The van der Waals surface area contributed by atoms with E-state index < -0.39 is 38.4 Å². The number of nitriles is 1. The van der Waals surface area contributed by atoms with Crippen molar-refractivity contribution in [3.8, 4) is 6.07 Å². The Bertz CT molecular complexity index is 564. The van der Waals surface area contributed by atoms with Gasteiger partial charge in [0.25, 0.3) is 16.4 Å². The zero-order valence-electron chi connectivity index (χ0n) is 7.68. The van der Waals surface area contributed by atoms with E-state index in [9.17, 15) is 17.2 Å². The molecule has 1 aromatic rings. The van der Waals surface area contributed by atoms with Crippen molar-refractivity contribution in [2.45, 2.75) is 11.5 Å². The molecule has 1 heterocycles. The summed E-state index contributed by atoms with van der Waals surface area (Å²) >= 11 is 0. The minimum absolute atomic E-state index is 0.537.